The first kappa shape index (κ1) is 29.9. The Morgan fingerprint density at radius 3 is 2.89 bits per heavy atom. The minimum Gasteiger partial charge on any atom is -0.508 e. The number of fused-ring (bicyclic) bond motifs is 3. The first-order valence-corrected chi connectivity index (χ1v) is 14.9. The molecule has 2 aliphatic heterocycles. The van der Waals surface area contributed by atoms with E-state index in [-0.39, 0.29) is 58.7 Å². The summed E-state index contributed by atoms with van der Waals surface area (Å²) in [6.07, 6.45) is 3.49. The van der Waals surface area contributed by atoms with Gasteiger partial charge in [0, 0.05) is 37.7 Å². The highest BCUT2D eigenvalue weighted by Crippen LogP contribution is 2.41. The van der Waals surface area contributed by atoms with Crippen molar-refractivity contribution in [2.45, 2.75) is 57.2 Å². The molecule has 2 saturated heterocycles. The first-order chi connectivity index (χ1) is 21.2. The predicted molar refractivity (Wildman–Crippen MR) is 160 cm³/mol. The molecule has 232 valence electrons. The molecule has 9 nitrogen and oxygen atoms in total. The van der Waals surface area contributed by atoms with Crippen LogP contribution in [0.25, 0.3) is 32.9 Å². The third-order valence-electron chi connectivity index (χ3n) is 8.73. The van der Waals surface area contributed by atoms with Crippen molar-refractivity contribution >= 4 is 33.5 Å². The normalized spacial score (nSPS) is 19.9. The Bertz CT molecular complexity index is 1740. The number of carbonyl (C=O) groups excluding carboxylic acids is 1. The number of benzene rings is 2. The number of rotatable bonds is 10. The number of halogens is 3. The van der Waals surface area contributed by atoms with Crippen LogP contribution in [0.2, 0.25) is 0 Å². The fourth-order valence-electron chi connectivity index (χ4n) is 6.64. The molecule has 44 heavy (non-hydrogen) atoms. The lowest BCUT2D eigenvalue weighted by molar-refractivity contribution is -0.140. The SMILES string of the molecule is CCc1c(F)ccc2cc(O)cc(-c3ncc4c(NCCCC(=O)OC)nc(OC[C@@]56CCCN5C[C@H](F)C6)nc4c3F)c12. The Hall–Kier alpha value is -4.19. The zero-order chi connectivity index (χ0) is 31.0. The van der Waals surface area contributed by atoms with Gasteiger partial charge in [0.05, 0.1) is 18.0 Å². The van der Waals surface area contributed by atoms with Crippen LogP contribution in [0.15, 0.2) is 30.5 Å². The number of aromatic hydroxyl groups is 1. The lowest BCUT2D eigenvalue weighted by Crippen LogP contribution is -2.43. The van der Waals surface area contributed by atoms with Crippen LogP contribution in [0.4, 0.5) is 19.0 Å². The van der Waals surface area contributed by atoms with Crippen LogP contribution in [0.1, 0.15) is 44.6 Å². The Labute approximate surface area is 252 Å². The van der Waals surface area contributed by atoms with Crippen molar-refractivity contribution in [1.82, 2.24) is 19.9 Å². The Kier molecular flexibility index (Phi) is 8.19. The molecule has 0 aliphatic carbocycles. The molecule has 0 saturated carbocycles. The second-order valence-corrected chi connectivity index (χ2v) is 11.5. The number of anilines is 1. The van der Waals surface area contributed by atoms with Crippen molar-refractivity contribution in [3.05, 3.63) is 47.7 Å². The van der Waals surface area contributed by atoms with E-state index in [9.17, 15) is 18.7 Å². The van der Waals surface area contributed by atoms with Crippen LogP contribution < -0.4 is 10.1 Å². The molecule has 6 rings (SSSR count). The van der Waals surface area contributed by atoms with Crippen LogP contribution >= 0.6 is 0 Å². The molecule has 0 radical (unpaired) electrons. The highest BCUT2D eigenvalue weighted by atomic mass is 19.1. The number of aryl methyl sites for hydroxylation is 1. The number of methoxy groups -OCH3 is 1. The molecular weight excluding hydrogens is 575 g/mol. The van der Waals surface area contributed by atoms with E-state index < -0.39 is 23.3 Å². The number of phenolic OH excluding ortho intramolecular Hbond substituents is 1. The number of phenols is 1. The van der Waals surface area contributed by atoms with Gasteiger partial charge in [-0.3, -0.25) is 14.7 Å². The van der Waals surface area contributed by atoms with E-state index in [1.165, 1.54) is 37.6 Å². The van der Waals surface area contributed by atoms with Gasteiger partial charge in [-0.1, -0.05) is 13.0 Å². The number of pyridine rings is 1. The van der Waals surface area contributed by atoms with Crippen LogP contribution in [-0.2, 0) is 16.0 Å². The lowest BCUT2D eigenvalue weighted by Gasteiger charge is -2.30. The average Bonchev–Trinajstić information content (AvgIpc) is 3.54. The molecular formula is C32H34F3N5O4. The second-order valence-electron chi connectivity index (χ2n) is 11.5. The van der Waals surface area contributed by atoms with E-state index in [2.05, 4.69) is 25.2 Å². The van der Waals surface area contributed by atoms with E-state index in [1.54, 1.807) is 6.92 Å². The van der Waals surface area contributed by atoms with Crippen LogP contribution in [0, 0.1) is 11.6 Å². The highest BCUT2D eigenvalue weighted by molar-refractivity contribution is 6.01. The summed E-state index contributed by atoms with van der Waals surface area (Å²) in [5.74, 6) is -1.46. The van der Waals surface area contributed by atoms with Crippen molar-refractivity contribution in [2.24, 2.45) is 0 Å². The third kappa shape index (κ3) is 5.47. The largest absolute Gasteiger partial charge is 0.508 e. The molecule has 0 spiro atoms. The molecule has 2 fully saturated rings. The third-order valence-corrected chi connectivity index (χ3v) is 8.73. The first-order valence-electron chi connectivity index (χ1n) is 14.9. The molecule has 2 aliphatic rings. The summed E-state index contributed by atoms with van der Waals surface area (Å²) in [6.45, 7) is 3.42. The molecule has 2 N–H and O–H groups in total. The minimum absolute atomic E-state index is 0.0861. The number of nitrogens with zero attached hydrogens (tertiary/aromatic N) is 4. The van der Waals surface area contributed by atoms with Crippen molar-refractivity contribution in [3.63, 3.8) is 0 Å². The maximum atomic E-state index is 16.5. The zero-order valence-electron chi connectivity index (χ0n) is 24.6. The summed E-state index contributed by atoms with van der Waals surface area (Å²) in [4.78, 5) is 27.0. The highest BCUT2D eigenvalue weighted by Gasteiger charge is 2.49. The van der Waals surface area contributed by atoms with Gasteiger partial charge < -0.3 is 19.9 Å². The molecule has 0 unspecified atom stereocenters. The quantitative estimate of drug-likeness (QED) is 0.173. The van der Waals surface area contributed by atoms with E-state index in [0.29, 0.717) is 48.7 Å². The number of alkyl halides is 1. The summed E-state index contributed by atoms with van der Waals surface area (Å²) in [7, 11) is 1.32. The van der Waals surface area contributed by atoms with E-state index in [1.807, 2.05) is 0 Å². The molecule has 2 aromatic carbocycles. The number of aromatic nitrogens is 3. The van der Waals surface area contributed by atoms with Gasteiger partial charge in [0.25, 0.3) is 0 Å². The van der Waals surface area contributed by atoms with Crippen LogP contribution in [0.3, 0.4) is 0 Å². The summed E-state index contributed by atoms with van der Waals surface area (Å²) in [6, 6.07) is 5.63. The van der Waals surface area contributed by atoms with E-state index in [4.69, 9.17) is 9.47 Å². The molecule has 4 heterocycles. The Balaban J connectivity index is 1.43. The van der Waals surface area contributed by atoms with Gasteiger partial charge in [-0.05, 0) is 66.8 Å². The fourth-order valence-corrected chi connectivity index (χ4v) is 6.64. The summed E-state index contributed by atoms with van der Waals surface area (Å²) < 4.78 is 56.5. The number of hydrogen-bond donors (Lipinski definition) is 2. The van der Waals surface area contributed by atoms with E-state index in [0.717, 1.165) is 19.4 Å². The van der Waals surface area contributed by atoms with Gasteiger partial charge in [0.15, 0.2) is 5.82 Å². The van der Waals surface area contributed by atoms with Gasteiger partial charge >= 0.3 is 12.0 Å². The van der Waals surface area contributed by atoms with Crippen molar-refractivity contribution < 1.29 is 32.5 Å². The number of carbonyl (C=O) groups is 1. The Morgan fingerprint density at radius 2 is 2.09 bits per heavy atom. The van der Waals surface area contributed by atoms with Crippen molar-refractivity contribution in [2.75, 3.05) is 38.7 Å². The average molecular weight is 610 g/mol. The van der Waals surface area contributed by atoms with Gasteiger partial charge in [0.1, 0.15) is 41.4 Å². The fraction of sp³-hybridized carbons (Fsp3) is 0.438. The topological polar surface area (TPSA) is 110 Å². The molecule has 2 aromatic heterocycles. The smallest absolute Gasteiger partial charge is 0.319 e. The number of ether oxygens (including phenoxy) is 2. The van der Waals surface area contributed by atoms with Gasteiger partial charge in [-0.15, -0.1) is 0 Å². The zero-order valence-corrected chi connectivity index (χ0v) is 24.6. The van der Waals surface area contributed by atoms with Crippen molar-refractivity contribution in [1.29, 1.82) is 0 Å². The van der Waals surface area contributed by atoms with Crippen LogP contribution in [-0.4, -0.2) is 76.0 Å². The summed E-state index contributed by atoms with van der Waals surface area (Å²) >= 11 is 0. The van der Waals surface area contributed by atoms with Gasteiger partial charge in [-0.2, -0.15) is 9.97 Å². The van der Waals surface area contributed by atoms with Crippen molar-refractivity contribution in [3.8, 4) is 23.0 Å². The second kappa shape index (κ2) is 12.1. The number of hydrogen-bond acceptors (Lipinski definition) is 9. The number of esters is 1. The Morgan fingerprint density at radius 1 is 1.25 bits per heavy atom. The molecule has 4 aromatic rings. The molecule has 0 bridgehead atoms. The van der Waals surface area contributed by atoms with E-state index >= 15 is 4.39 Å². The minimum atomic E-state index is -0.940. The van der Waals surface area contributed by atoms with Gasteiger partial charge in [0.2, 0.25) is 0 Å². The molecule has 0 amide bonds. The monoisotopic (exact) mass is 609 g/mol. The predicted octanol–water partition coefficient (Wildman–Crippen LogP) is 5.71. The number of nitrogens with one attached hydrogen (secondary N) is 1. The lowest BCUT2D eigenvalue weighted by atomic mass is 9.94. The maximum Gasteiger partial charge on any atom is 0.319 e. The maximum absolute atomic E-state index is 16.5. The molecule has 2 atom stereocenters. The summed E-state index contributed by atoms with van der Waals surface area (Å²) in [5.41, 5.74) is -0.0606. The van der Waals surface area contributed by atoms with Gasteiger partial charge in [-0.25, -0.2) is 13.2 Å². The standard InChI is InChI=1S/C32H34F3N5O4/c1-3-21-24(34)8-7-18-12-20(41)13-22(26(18)21)28-27(35)29-23(15-37-28)30(36-10-4-6-25(42)43-2)39-31(38-29)44-17-32-9-5-11-40(32)16-19(33)14-32/h7-8,12-13,15,19,41H,3-6,9-11,14,16-17H2,1-2H3,(H,36,38,39)/t19-,32+/m1/s1. The van der Waals surface area contributed by atoms with Crippen LogP contribution in [0.5, 0.6) is 11.8 Å². The molecule has 12 heteroatoms. The summed E-state index contributed by atoms with van der Waals surface area (Å²) in [5, 5.41) is 14.9.